The number of fused-ring (bicyclic) bond motifs is 2. The van der Waals surface area contributed by atoms with Crippen molar-refractivity contribution < 1.29 is 9.47 Å². The molecule has 0 radical (unpaired) electrons. The van der Waals surface area contributed by atoms with Crippen LogP contribution < -0.4 is 14.8 Å². The molecule has 0 atom stereocenters. The summed E-state index contributed by atoms with van der Waals surface area (Å²) in [5.41, 5.74) is 2.94. The number of aromatic nitrogens is 2. The number of halogens is 1. The van der Waals surface area contributed by atoms with Gasteiger partial charge in [-0.25, -0.2) is 4.98 Å². The first-order valence-electron chi connectivity index (χ1n) is 7.02. The maximum absolute atomic E-state index is 6.22. The quantitative estimate of drug-likeness (QED) is 0.804. The van der Waals surface area contributed by atoms with E-state index in [-0.39, 0.29) is 0 Å². The van der Waals surface area contributed by atoms with E-state index in [9.17, 15) is 0 Å². The fraction of sp³-hybridized carbons (Fsp3) is 0.188. The van der Waals surface area contributed by atoms with Gasteiger partial charge in [0.1, 0.15) is 5.65 Å². The third-order valence-corrected chi connectivity index (χ3v) is 3.94. The molecule has 1 aliphatic rings. The van der Waals surface area contributed by atoms with Crippen molar-refractivity contribution in [1.82, 2.24) is 14.7 Å². The second-order valence-electron chi connectivity index (χ2n) is 5.07. The Balaban J connectivity index is 1.47. The van der Waals surface area contributed by atoms with Crippen LogP contribution in [0.15, 0.2) is 42.6 Å². The number of benzene rings is 1. The van der Waals surface area contributed by atoms with Gasteiger partial charge in [-0.15, -0.1) is 0 Å². The lowest BCUT2D eigenvalue weighted by Gasteiger charge is -2.06. The highest BCUT2D eigenvalue weighted by molar-refractivity contribution is 6.30. The third-order valence-electron chi connectivity index (χ3n) is 3.64. The Morgan fingerprint density at radius 2 is 2.05 bits per heavy atom. The second kappa shape index (κ2) is 5.51. The zero-order chi connectivity index (χ0) is 14.9. The summed E-state index contributed by atoms with van der Waals surface area (Å²) in [5, 5.41) is 3.92. The predicted molar refractivity (Wildman–Crippen MR) is 83.3 cm³/mol. The average molecular weight is 316 g/mol. The molecule has 4 rings (SSSR count). The van der Waals surface area contributed by atoms with Gasteiger partial charge in [0.05, 0.1) is 5.69 Å². The van der Waals surface area contributed by atoms with Crippen LogP contribution in [-0.2, 0) is 13.1 Å². The molecule has 112 valence electrons. The van der Waals surface area contributed by atoms with Gasteiger partial charge in [0, 0.05) is 19.3 Å². The molecule has 0 saturated carbocycles. The first-order valence-corrected chi connectivity index (χ1v) is 7.40. The molecule has 0 spiro atoms. The highest BCUT2D eigenvalue weighted by Gasteiger charge is 2.13. The Bertz CT molecular complexity index is 831. The largest absolute Gasteiger partial charge is 0.454 e. The first-order chi connectivity index (χ1) is 10.8. The van der Waals surface area contributed by atoms with Crippen LogP contribution in [0.25, 0.3) is 5.65 Å². The lowest BCUT2D eigenvalue weighted by atomic mass is 10.2. The Hall–Kier alpha value is -2.24. The van der Waals surface area contributed by atoms with Gasteiger partial charge in [0.2, 0.25) is 6.79 Å². The van der Waals surface area contributed by atoms with Gasteiger partial charge in [-0.1, -0.05) is 23.7 Å². The normalized spacial score (nSPS) is 13.0. The first kappa shape index (κ1) is 13.4. The van der Waals surface area contributed by atoms with Crippen molar-refractivity contribution >= 4 is 17.2 Å². The lowest BCUT2D eigenvalue weighted by Crippen LogP contribution is -2.14. The van der Waals surface area contributed by atoms with Crippen molar-refractivity contribution in [3.63, 3.8) is 0 Å². The number of ether oxygens (including phenoxy) is 2. The summed E-state index contributed by atoms with van der Waals surface area (Å²) < 4.78 is 12.7. The van der Waals surface area contributed by atoms with Crippen LogP contribution in [-0.4, -0.2) is 16.2 Å². The van der Waals surface area contributed by atoms with E-state index in [4.69, 9.17) is 21.1 Å². The van der Waals surface area contributed by atoms with Gasteiger partial charge in [0.25, 0.3) is 0 Å². The van der Waals surface area contributed by atoms with Gasteiger partial charge in [-0.3, -0.25) is 0 Å². The van der Waals surface area contributed by atoms with Gasteiger partial charge in [0.15, 0.2) is 16.7 Å². The highest BCUT2D eigenvalue weighted by Crippen LogP contribution is 2.32. The van der Waals surface area contributed by atoms with Crippen LogP contribution >= 0.6 is 11.6 Å². The van der Waals surface area contributed by atoms with Crippen molar-refractivity contribution in [3.8, 4) is 11.5 Å². The van der Waals surface area contributed by atoms with E-state index in [2.05, 4.69) is 10.3 Å². The summed E-state index contributed by atoms with van der Waals surface area (Å²) in [6, 6.07) is 11.8. The van der Waals surface area contributed by atoms with Crippen LogP contribution in [0.4, 0.5) is 0 Å². The summed E-state index contributed by atoms with van der Waals surface area (Å²) in [4.78, 5) is 4.34. The molecular weight excluding hydrogens is 302 g/mol. The van der Waals surface area contributed by atoms with Crippen molar-refractivity contribution in [2.24, 2.45) is 0 Å². The van der Waals surface area contributed by atoms with E-state index >= 15 is 0 Å². The number of imidazole rings is 1. The molecule has 0 amide bonds. The van der Waals surface area contributed by atoms with Gasteiger partial charge < -0.3 is 19.2 Å². The topological polar surface area (TPSA) is 47.8 Å². The zero-order valence-corrected chi connectivity index (χ0v) is 12.5. The minimum Gasteiger partial charge on any atom is -0.454 e. The summed E-state index contributed by atoms with van der Waals surface area (Å²) in [6.07, 6.45) is 1.96. The number of pyridine rings is 1. The molecule has 3 aromatic rings. The fourth-order valence-electron chi connectivity index (χ4n) is 2.55. The van der Waals surface area contributed by atoms with Crippen LogP contribution in [0, 0.1) is 0 Å². The molecular formula is C16H14ClN3O2. The summed E-state index contributed by atoms with van der Waals surface area (Å²) >= 11 is 6.22. The Morgan fingerprint density at radius 3 is 3.00 bits per heavy atom. The van der Waals surface area contributed by atoms with Crippen molar-refractivity contribution in [2.75, 3.05) is 6.79 Å². The van der Waals surface area contributed by atoms with Crippen LogP contribution in [0.5, 0.6) is 11.5 Å². The Kier molecular flexibility index (Phi) is 3.36. The molecule has 0 bridgehead atoms. The molecule has 0 unspecified atom stereocenters. The highest BCUT2D eigenvalue weighted by atomic mass is 35.5. The molecule has 6 heteroatoms. The lowest BCUT2D eigenvalue weighted by molar-refractivity contribution is 0.174. The number of nitrogens with one attached hydrogen (secondary N) is 1. The van der Waals surface area contributed by atoms with Crippen LogP contribution in [0.1, 0.15) is 11.3 Å². The third kappa shape index (κ3) is 2.38. The molecule has 0 fully saturated rings. The number of rotatable bonds is 4. The van der Waals surface area contributed by atoms with E-state index in [1.165, 1.54) is 0 Å². The molecule has 2 aromatic heterocycles. The van der Waals surface area contributed by atoms with Crippen LogP contribution in [0.3, 0.4) is 0 Å². The number of nitrogens with zero attached hydrogens (tertiary/aromatic N) is 2. The summed E-state index contributed by atoms with van der Waals surface area (Å²) in [7, 11) is 0. The second-order valence-corrected chi connectivity index (χ2v) is 5.43. The monoisotopic (exact) mass is 315 g/mol. The van der Waals surface area contributed by atoms with Gasteiger partial charge >= 0.3 is 0 Å². The van der Waals surface area contributed by atoms with Gasteiger partial charge in [-0.2, -0.15) is 0 Å². The molecule has 0 aliphatic carbocycles. The standard InChI is InChI=1S/C16H14ClN3O2/c17-16-12(20-6-2-1-3-15(20)19-16)9-18-8-11-4-5-13-14(7-11)22-10-21-13/h1-7,18H,8-10H2. The van der Waals surface area contributed by atoms with E-state index in [0.29, 0.717) is 25.0 Å². The molecule has 0 saturated heterocycles. The SMILES string of the molecule is Clc1nc2ccccn2c1CNCc1ccc2c(c1)OCO2. The van der Waals surface area contributed by atoms with Crippen molar-refractivity contribution in [1.29, 1.82) is 0 Å². The fourth-order valence-corrected chi connectivity index (χ4v) is 2.80. The molecule has 22 heavy (non-hydrogen) atoms. The van der Waals surface area contributed by atoms with E-state index in [0.717, 1.165) is 28.4 Å². The van der Waals surface area contributed by atoms with Crippen LogP contribution in [0.2, 0.25) is 5.15 Å². The van der Waals surface area contributed by atoms with E-state index < -0.39 is 0 Å². The van der Waals surface area contributed by atoms with Gasteiger partial charge in [-0.05, 0) is 29.8 Å². The maximum Gasteiger partial charge on any atom is 0.231 e. The van der Waals surface area contributed by atoms with Crippen molar-refractivity contribution in [3.05, 3.63) is 59.0 Å². The zero-order valence-electron chi connectivity index (χ0n) is 11.8. The predicted octanol–water partition coefficient (Wildman–Crippen LogP) is 3.01. The van der Waals surface area contributed by atoms with E-state index in [1.807, 2.05) is 47.0 Å². The number of hydrogen-bond donors (Lipinski definition) is 1. The molecule has 1 N–H and O–H groups in total. The molecule has 3 heterocycles. The van der Waals surface area contributed by atoms with Crippen molar-refractivity contribution in [2.45, 2.75) is 13.1 Å². The molecule has 1 aliphatic heterocycles. The maximum atomic E-state index is 6.22. The average Bonchev–Trinajstić information content (AvgIpc) is 3.11. The Morgan fingerprint density at radius 1 is 1.14 bits per heavy atom. The minimum atomic E-state index is 0.295. The smallest absolute Gasteiger partial charge is 0.231 e. The molecule has 5 nitrogen and oxygen atoms in total. The number of hydrogen-bond acceptors (Lipinski definition) is 4. The summed E-state index contributed by atoms with van der Waals surface area (Å²) in [6.45, 7) is 1.65. The summed E-state index contributed by atoms with van der Waals surface area (Å²) in [5.74, 6) is 1.60. The Labute approximate surface area is 132 Å². The molecule has 1 aromatic carbocycles. The van der Waals surface area contributed by atoms with E-state index in [1.54, 1.807) is 0 Å². The minimum absolute atomic E-state index is 0.295.